The average Bonchev–Trinajstić information content (AvgIpc) is 2.96. The maximum Gasteiger partial charge on any atom is 0.573 e. The van der Waals surface area contributed by atoms with Crippen molar-refractivity contribution in [2.24, 2.45) is 0 Å². The number of nitrogens with zero attached hydrogens (tertiary/aromatic N) is 4. The second-order valence-electron chi connectivity index (χ2n) is 9.54. The first-order valence-corrected chi connectivity index (χ1v) is 13.4. The Labute approximate surface area is 244 Å². The summed E-state index contributed by atoms with van der Waals surface area (Å²) in [5.74, 6) is -0.512. The topological polar surface area (TPSA) is 125 Å². The fraction of sp³-hybridized carbons (Fsp3) is 0.267. The van der Waals surface area contributed by atoms with Crippen LogP contribution < -0.4 is 15.7 Å². The minimum Gasteiger partial charge on any atom is -0.444 e. The average molecular weight is 596 g/mol. The Morgan fingerprint density at radius 2 is 1.60 bits per heavy atom. The third-order valence-corrected chi connectivity index (χ3v) is 6.09. The Hall–Kier alpha value is -5.07. The maximum absolute atomic E-state index is 12.4. The quantitative estimate of drug-likeness (QED) is 0.213. The summed E-state index contributed by atoms with van der Waals surface area (Å²) in [5, 5.41) is 10.7. The van der Waals surface area contributed by atoms with E-state index in [1.165, 1.54) is 28.8 Å². The molecule has 4 aromatic rings. The molecule has 4 rings (SSSR count). The van der Waals surface area contributed by atoms with Crippen LogP contribution in [0.2, 0.25) is 0 Å². The molecule has 0 fully saturated rings. The number of alkyl halides is 3. The Morgan fingerprint density at radius 3 is 2.33 bits per heavy atom. The van der Waals surface area contributed by atoms with Gasteiger partial charge in [-0.25, -0.2) is 9.59 Å². The molecule has 1 N–H and O–H groups in total. The molecule has 0 saturated carbocycles. The van der Waals surface area contributed by atoms with Crippen LogP contribution in [0.3, 0.4) is 0 Å². The van der Waals surface area contributed by atoms with E-state index in [1.54, 1.807) is 24.4 Å². The van der Waals surface area contributed by atoms with Gasteiger partial charge in [0.05, 0.1) is 17.8 Å². The number of nitrogens with one attached hydrogen (secondary N) is 1. The van der Waals surface area contributed by atoms with E-state index in [9.17, 15) is 27.6 Å². The van der Waals surface area contributed by atoms with Crippen molar-refractivity contribution in [3.05, 3.63) is 112 Å². The first-order chi connectivity index (χ1) is 20.6. The molecule has 10 nitrogen and oxygen atoms in total. The minimum atomic E-state index is -4.81. The summed E-state index contributed by atoms with van der Waals surface area (Å²) in [7, 11) is 0. The zero-order valence-electron chi connectivity index (χ0n) is 22.9. The monoisotopic (exact) mass is 595 g/mol. The van der Waals surface area contributed by atoms with Gasteiger partial charge in [0, 0.05) is 19.2 Å². The molecular weight excluding hydrogens is 567 g/mol. The van der Waals surface area contributed by atoms with Crippen LogP contribution in [-0.2, 0) is 41.9 Å². The van der Waals surface area contributed by atoms with Crippen molar-refractivity contribution in [3.63, 3.8) is 0 Å². The molecule has 0 unspecified atom stereocenters. The van der Waals surface area contributed by atoms with Crippen LogP contribution in [0.25, 0.3) is 0 Å². The number of benzene rings is 2. The summed E-state index contributed by atoms with van der Waals surface area (Å²) in [4.78, 5) is 40.6. The molecular formula is C30H28F3N5O5. The number of anilines is 1. The van der Waals surface area contributed by atoms with Gasteiger partial charge in [0.25, 0.3) is 0 Å². The van der Waals surface area contributed by atoms with Crippen LogP contribution >= 0.6 is 0 Å². The van der Waals surface area contributed by atoms with Gasteiger partial charge in [-0.2, -0.15) is 15.2 Å². The fourth-order valence-electron chi connectivity index (χ4n) is 4.08. The number of halogens is 3. The molecule has 0 bridgehead atoms. The lowest BCUT2D eigenvalue weighted by Gasteiger charge is -2.10. The molecule has 0 saturated heterocycles. The number of aryl methyl sites for hydroxylation is 2. The first kappa shape index (κ1) is 30.9. The fourth-order valence-corrected chi connectivity index (χ4v) is 4.08. The van der Waals surface area contributed by atoms with E-state index in [4.69, 9.17) is 4.74 Å². The highest BCUT2D eigenvalue weighted by Crippen LogP contribution is 2.23. The number of Topliss-reactive ketones (excluding diaryl/α,β-unsaturated/α-hetero) is 1. The predicted molar refractivity (Wildman–Crippen MR) is 149 cm³/mol. The van der Waals surface area contributed by atoms with E-state index < -0.39 is 18.1 Å². The van der Waals surface area contributed by atoms with E-state index in [0.29, 0.717) is 42.8 Å². The lowest BCUT2D eigenvalue weighted by atomic mass is 10.1. The van der Waals surface area contributed by atoms with Crippen LogP contribution in [0, 0.1) is 0 Å². The normalized spacial score (nSPS) is 11.1. The second kappa shape index (κ2) is 14.7. The zero-order valence-corrected chi connectivity index (χ0v) is 22.9. The van der Waals surface area contributed by atoms with Crippen molar-refractivity contribution in [1.29, 1.82) is 0 Å². The third-order valence-electron chi connectivity index (χ3n) is 6.09. The van der Waals surface area contributed by atoms with E-state index in [1.807, 2.05) is 30.3 Å². The Balaban J connectivity index is 1.17. The van der Waals surface area contributed by atoms with Crippen LogP contribution in [0.4, 0.5) is 23.8 Å². The van der Waals surface area contributed by atoms with Crippen molar-refractivity contribution in [2.45, 2.75) is 51.6 Å². The van der Waals surface area contributed by atoms with Gasteiger partial charge in [0.15, 0.2) is 0 Å². The molecule has 2 heterocycles. The van der Waals surface area contributed by atoms with Crippen LogP contribution in [-0.4, -0.2) is 38.0 Å². The summed E-state index contributed by atoms with van der Waals surface area (Å²) < 4.78 is 47.7. The summed E-state index contributed by atoms with van der Waals surface area (Å²) in [6.07, 6.45) is -2.08. The summed E-state index contributed by atoms with van der Waals surface area (Å²) in [6, 6.07) is 19.4. The molecule has 0 atom stereocenters. The second-order valence-corrected chi connectivity index (χ2v) is 9.54. The number of ether oxygens (including phenoxy) is 2. The predicted octanol–water partition coefficient (Wildman–Crippen LogP) is 5.06. The van der Waals surface area contributed by atoms with Gasteiger partial charge in [-0.05, 0) is 60.7 Å². The molecule has 1 amide bonds. The van der Waals surface area contributed by atoms with Crippen LogP contribution in [0.15, 0.2) is 83.8 Å². The minimum absolute atomic E-state index is 0.0108. The highest BCUT2D eigenvalue weighted by Gasteiger charge is 2.31. The number of hydrogen-bond donors (Lipinski definition) is 1. The Bertz CT molecular complexity index is 1580. The number of amides is 1. The third kappa shape index (κ3) is 10.7. The van der Waals surface area contributed by atoms with Crippen molar-refractivity contribution in [1.82, 2.24) is 19.7 Å². The Kier molecular flexibility index (Phi) is 10.6. The molecule has 43 heavy (non-hydrogen) atoms. The lowest BCUT2D eigenvalue weighted by molar-refractivity contribution is -0.274. The van der Waals surface area contributed by atoms with Gasteiger partial charge in [0.2, 0.25) is 0 Å². The van der Waals surface area contributed by atoms with Crippen molar-refractivity contribution < 1.29 is 32.2 Å². The van der Waals surface area contributed by atoms with Crippen molar-refractivity contribution in [3.8, 4) is 5.75 Å². The number of carbonyl (C=O) groups is 2. The van der Waals surface area contributed by atoms with Gasteiger partial charge in [0.1, 0.15) is 24.0 Å². The first-order valence-electron chi connectivity index (χ1n) is 13.4. The number of aromatic nitrogens is 4. The summed E-state index contributed by atoms with van der Waals surface area (Å²) in [6.45, 7) is 0.511. The van der Waals surface area contributed by atoms with E-state index in [2.05, 4.69) is 25.2 Å². The highest BCUT2D eigenvalue weighted by molar-refractivity contribution is 5.83. The Morgan fingerprint density at radius 1 is 0.860 bits per heavy atom. The molecule has 2 aromatic carbocycles. The van der Waals surface area contributed by atoms with Gasteiger partial charge in [-0.15, -0.1) is 13.2 Å². The van der Waals surface area contributed by atoms with Gasteiger partial charge < -0.3 is 9.47 Å². The molecule has 2 aromatic heterocycles. The summed E-state index contributed by atoms with van der Waals surface area (Å²) >= 11 is 0. The molecule has 224 valence electrons. The van der Waals surface area contributed by atoms with Crippen LogP contribution in [0.5, 0.6) is 5.75 Å². The van der Waals surface area contributed by atoms with Gasteiger partial charge >= 0.3 is 18.1 Å². The lowest BCUT2D eigenvalue weighted by Crippen LogP contribution is -2.25. The number of rotatable bonds is 13. The van der Waals surface area contributed by atoms with Crippen molar-refractivity contribution in [2.75, 3.05) is 5.32 Å². The summed E-state index contributed by atoms with van der Waals surface area (Å²) in [5.41, 5.74) is 1.89. The van der Waals surface area contributed by atoms with Gasteiger partial charge in [-0.3, -0.25) is 14.7 Å². The van der Waals surface area contributed by atoms with Crippen molar-refractivity contribution >= 4 is 17.7 Å². The molecule has 0 spiro atoms. The SMILES string of the molecule is O=C(Cc1cccc(OC(F)(F)F)c1)Cc1ccc(CCCCn2ccc(NC(=O)OCc3ccccc3)nc2=O)nn1. The number of unbranched alkanes of at least 4 members (excludes halogenated alkanes) is 1. The maximum atomic E-state index is 12.4. The molecule has 0 aliphatic heterocycles. The smallest absolute Gasteiger partial charge is 0.444 e. The van der Waals surface area contributed by atoms with E-state index in [-0.39, 0.29) is 36.8 Å². The number of carbonyl (C=O) groups excluding carboxylic acids is 2. The number of ketones is 1. The zero-order chi connectivity index (χ0) is 30.7. The number of hydrogen-bond acceptors (Lipinski definition) is 8. The van der Waals surface area contributed by atoms with E-state index >= 15 is 0 Å². The van der Waals surface area contributed by atoms with Crippen LogP contribution in [0.1, 0.15) is 35.4 Å². The highest BCUT2D eigenvalue weighted by atomic mass is 19.4. The molecule has 0 aliphatic carbocycles. The molecule has 0 aliphatic rings. The van der Waals surface area contributed by atoms with Gasteiger partial charge in [-0.1, -0.05) is 42.5 Å². The molecule has 0 radical (unpaired) electrons. The van der Waals surface area contributed by atoms with E-state index in [0.717, 1.165) is 5.56 Å². The standard InChI is InChI=1S/C30H28F3N5O5/c31-30(32,33)43-26-11-6-9-22(18-26)17-25(39)19-24-13-12-23(36-37-24)10-4-5-15-38-16-14-27(34-28(38)40)35-29(41)42-20-21-7-2-1-3-8-21/h1-3,6-9,11-14,16,18H,4-5,10,15,17,19-20H2,(H,34,35,40,41). The molecule has 13 heteroatoms. The largest absolute Gasteiger partial charge is 0.573 e.